The first-order valence-corrected chi connectivity index (χ1v) is 8.27. The molecule has 130 valence electrons. The van der Waals surface area contributed by atoms with Gasteiger partial charge in [0.2, 0.25) is 5.91 Å². The lowest BCUT2D eigenvalue weighted by atomic mass is 10.0. The zero-order chi connectivity index (χ0) is 18.0. The number of carboxylic acid groups (broad SMARTS) is 1. The zero-order valence-electron chi connectivity index (χ0n) is 14.3. The fourth-order valence-electron chi connectivity index (χ4n) is 3.07. The van der Waals surface area contributed by atoms with Crippen LogP contribution in [-0.2, 0) is 9.59 Å². The van der Waals surface area contributed by atoms with E-state index in [0.29, 0.717) is 11.7 Å². The Labute approximate surface area is 146 Å². The normalized spacial score (nSPS) is 18.5. The number of ether oxygens (including phenoxy) is 1. The predicted octanol–water partition coefficient (Wildman–Crippen LogP) is 3.51. The average molecular weight is 339 g/mol. The van der Waals surface area contributed by atoms with Crippen LogP contribution in [0.3, 0.4) is 0 Å². The van der Waals surface area contributed by atoms with E-state index in [9.17, 15) is 9.59 Å². The molecule has 5 heteroatoms. The van der Waals surface area contributed by atoms with E-state index in [1.54, 1.807) is 18.2 Å². The van der Waals surface area contributed by atoms with Gasteiger partial charge in [0.05, 0.1) is 0 Å². The highest BCUT2D eigenvalue weighted by Gasteiger charge is 2.44. The first-order valence-electron chi connectivity index (χ1n) is 8.27. The number of nitrogens with one attached hydrogen (secondary N) is 1. The number of hydrogen-bond donors (Lipinski definition) is 2. The highest BCUT2D eigenvalue weighted by molar-refractivity contribution is 5.96. The lowest BCUT2D eigenvalue weighted by Crippen LogP contribution is -2.15. The van der Waals surface area contributed by atoms with Crippen LogP contribution in [0.25, 0.3) is 0 Å². The van der Waals surface area contributed by atoms with Crippen molar-refractivity contribution in [3.8, 4) is 5.75 Å². The molecule has 2 unspecified atom stereocenters. The molecule has 2 aromatic carbocycles. The van der Waals surface area contributed by atoms with Crippen molar-refractivity contribution in [3.63, 3.8) is 0 Å². The smallest absolute Gasteiger partial charge is 0.341 e. The SMILES string of the molecule is Cc1cc(OCC(=O)O)ccc1NC(=O)C1CC1c1ccccc1C. The summed E-state index contributed by atoms with van der Waals surface area (Å²) in [6.07, 6.45) is 0.871. The number of carbonyl (C=O) groups is 2. The Morgan fingerprint density at radius 1 is 1.16 bits per heavy atom. The maximum absolute atomic E-state index is 12.5. The van der Waals surface area contributed by atoms with Crippen molar-refractivity contribution >= 4 is 17.6 Å². The van der Waals surface area contributed by atoms with Crippen molar-refractivity contribution in [2.75, 3.05) is 11.9 Å². The van der Waals surface area contributed by atoms with Crippen molar-refractivity contribution in [3.05, 3.63) is 59.2 Å². The van der Waals surface area contributed by atoms with Gasteiger partial charge in [-0.25, -0.2) is 4.79 Å². The summed E-state index contributed by atoms with van der Waals surface area (Å²) in [5.74, 6) is -0.230. The van der Waals surface area contributed by atoms with Gasteiger partial charge in [0, 0.05) is 11.6 Å². The molecule has 0 heterocycles. The van der Waals surface area contributed by atoms with Crippen LogP contribution in [0, 0.1) is 19.8 Å². The van der Waals surface area contributed by atoms with Gasteiger partial charge >= 0.3 is 5.97 Å². The summed E-state index contributed by atoms with van der Waals surface area (Å²) in [5.41, 5.74) is 4.03. The Morgan fingerprint density at radius 3 is 2.60 bits per heavy atom. The summed E-state index contributed by atoms with van der Waals surface area (Å²) in [6.45, 7) is 3.54. The predicted molar refractivity (Wildman–Crippen MR) is 95.0 cm³/mol. The minimum Gasteiger partial charge on any atom is -0.482 e. The van der Waals surface area contributed by atoms with Crippen LogP contribution in [0.1, 0.15) is 29.0 Å². The molecule has 5 nitrogen and oxygen atoms in total. The van der Waals surface area contributed by atoms with Gasteiger partial charge in [0.15, 0.2) is 6.61 Å². The van der Waals surface area contributed by atoms with Crippen molar-refractivity contribution in [2.24, 2.45) is 5.92 Å². The van der Waals surface area contributed by atoms with E-state index in [4.69, 9.17) is 9.84 Å². The summed E-state index contributed by atoms with van der Waals surface area (Å²) >= 11 is 0. The zero-order valence-corrected chi connectivity index (χ0v) is 14.3. The molecule has 0 radical (unpaired) electrons. The second kappa shape index (κ2) is 6.97. The van der Waals surface area contributed by atoms with E-state index in [1.165, 1.54) is 11.1 Å². The summed E-state index contributed by atoms with van der Waals surface area (Å²) < 4.78 is 5.14. The Morgan fingerprint density at radius 2 is 1.92 bits per heavy atom. The molecule has 1 amide bonds. The number of carboxylic acids is 1. The van der Waals surface area contributed by atoms with Gasteiger partial charge in [0.1, 0.15) is 5.75 Å². The van der Waals surface area contributed by atoms with Gasteiger partial charge < -0.3 is 15.2 Å². The largest absolute Gasteiger partial charge is 0.482 e. The van der Waals surface area contributed by atoms with E-state index in [1.807, 2.05) is 19.1 Å². The summed E-state index contributed by atoms with van der Waals surface area (Å²) in [7, 11) is 0. The second-order valence-electron chi connectivity index (χ2n) is 6.45. The Kier molecular flexibility index (Phi) is 4.74. The molecule has 2 N–H and O–H groups in total. The number of carbonyl (C=O) groups excluding carboxylic acids is 1. The second-order valence-corrected chi connectivity index (χ2v) is 6.45. The van der Waals surface area contributed by atoms with Crippen molar-refractivity contribution in [1.82, 2.24) is 0 Å². The highest BCUT2D eigenvalue weighted by Crippen LogP contribution is 2.49. The van der Waals surface area contributed by atoms with Crippen molar-refractivity contribution in [1.29, 1.82) is 0 Å². The Hall–Kier alpha value is -2.82. The summed E-state index contributed by atoms with van der Waals surface area (Å²) in [5, 5.41) is 11.6. The Balaban J connectivity index is 1.62. The lowest BCUT2D eigenvalue weighted by molar-refractivity contribution is -0.139. The number of benzene rings is 2. The summed E-state index contributed by atoms with van der Waals surface area (Å²) in [4.78, 5) is 23.0. The van der Waals surface area contributed by atoms with Crippen molar-refractivity contribution in [2.45, 2.75) is 26.2 Å². The third-order valence-electron chi connectivity index (χ3n) is 4.53. The van der Waals surface area contributed by atoms with E-state index in [2.05, 4.69) is 24.4 Å². The van der Waals surface area contributed by atoms with Crippen LogP contribution in [0.2, 0.25) is 0 Å². The first-order chi connectivity index (χ1) is 12.0. The van der Waals surface area contributed by atoms with Gasteiger partial charge in [0.25, 0.3) is 0 Å². The van der Waals surface area contributed by atoms with Gasteiger partial charge in [-0.1, -0.05) is 24.3 Å². The van der Waals surface area contributed by atoms with Crippen LogP contribution < -0.4 is 10.1 Å². The molecule has 1 saturated carbocycles. The number of hydrogen-bond acceptors (Lipinski definition) is 3. The van der Waals surface area contributed by atoms with E-state index < -0.39 is 5.97 Å². The van der Waals surface area contributed by atoms with Gasteiger partial charge in [-0.2, -0.15) is 0 Å². The fraction of sp³-hybridized carbons (Fsp3) is 0.300. The molecule has 0 bridgehead atoms. The van der Waals surface area contributed by atoms with E-state index in [0.717, 1.165) is 17.7 Å². The molecular weight excluding hydrogens is 318 g/mol. The molecule has 1 aliphatic carbocycles. The molecule has 0 spiro atoms. The Bertz CT molecular complexity index is 815. The molecule has 0 aliphatic heterocycles. The monoisotopic (exact) mass is 339 g/mol. The van der Waals surface area contributed by atoms with Gasteiger partial charge in [-0.15, -0.1) is 0 Å². The first kappa shape index (κ1) is 17.0. The number of anilines is 1. The number of rotatable bonds is 6. The number of aliphatic carboxylic acids is 1. The van der Waals surface area contributed by atoms with Crippen LogP contribution in [0.15, 0.2) is 42.5 Å². The molecule has 1 aliphatic rings. The molecule has 25 heavy (non-hydrogen) atoms. The van der Waals surface area contributed by atoms with E-state index >= 15 is 0 Å². The average Bonchev–Trinajstić information content (AvgIpc) is 3.36. The van der Waals surface area contributed by atoms with E-state index in [-0.39, 0.29) is 18.4 Å². The van der Waals surface area contributed by atoms with Crippen molar-refractivity contribution < 1.29 is 19.4 Å². The number of amides is 1. The molecule has 3 rings (SSSR count). The fourth-order valence-corrected chi connectivity index (χ4v) is 3.07. The third-order valence-corrected chi connectivity index (χ3v) is 4.53. The maximum Gasteiger partial charge on any atom is 0.341 e. The van der Waals surface area contributed by atoms with Crippen LogP contribution >= 0.6 is 0 Å². The van der Waals surface area contributed by atoms with Gasteiger partial charge in [-0.3, -0.25) is 4.79 Å². The molecule has 1 fully saturated rings. The molecule has 0 saturated heterocycles. The van der Waals surface area contributed by atoms with Gasteiger partial charge in [-0.05, 0) is 61.1 Å². The standard InChI is InChI=1S/C20H21NO4/c1-12-5-3-4-6-15(12)16-10-17(16)20(24)21-18-8-7-14(9-13(18)2)25-11-19(22)23/h3-9,16-17H,10-11H2,1-2H3,(H,21,24)(H,22,23). The molecular formula is C20H21NO4. The van der Waals surface area contributed by atoms with Crippen LogP contribution in [0.4, 0.5) is 5.69 Å². The molecule has 0 aromatic heterocycles. The highest BCUT2D eigenvalue weighted by atomic mass is 16.5. The van der Waals surface area contributed by atoms with Crippen LogP contribution in [0.5, 0.6) is 5.75 Å². The minimum atomic E-state index is -1.02. The molecule has 2 atom stereocenters. The summed E-state index contributed by atoms with van der Waals surface area (Å²) in [6, 6.07) is 13.3. The lowest BCUT2D eigenvalue weighted by Gasteiger charge is -2.11. The number of aryl methyl sites for hydroxylation is 2. The quantitative estimate of drug-likeness (QED) is 0.844. The topological polar surface area (TPSA) is 75.6 Å². The molecule has 2 aromatic rings. The maximum atomic E-state index is 12.5. The van der Waals surface area contributed by atoms with Crippen LogP contribution in [-0.4, -0.2) is 23.6 Å². The third kappa shape index (κ3) is 3.99. The minimum absolute atomic E-state index is 0.00318.